The number of nitrogens with two attached hydrogens (primary N) is 1. The van der Waals surface area contributed by atoms with Crippen molar-refractivity contribution in [2.45, 2.75) is 32.1 Å². The molecule has 7 nitrogen and oxygen atoms in total. The summed E-state index contributed by atoms with van der Waals surface area (Å²) in [5.41, 5.74) is 5.92. The van der Waals surface area contributed by atoms with Gasteiger partial charge in [-0.3, -0.25) is 14.9 Å². The molecule has 0 saturated carbocycles. The number of hydrogen-bond donors (Lipinski definition) is 2. The molecule has 3 N–H and O–H groups in total. The highest BCUT2D eigenvalue weighted by Crippen LogP contribution is 2.30. The largest absolute Gasteiger partial charge is 0.497 e. The zero-order chi connectivity index (χ0) is 19.8. The number of carbonyl (C=O) groups is 1. The van der Waals surface area contributed by atoms with Crippen LogP contribution in [-0.2, 0) is 9.53 Å². The molecule has 1 aliphatic rings. The predicted octanol–water partition coefficient (Wildman–Crippen LogP) is 4.50. The molecule has 0 spiro atoms. The number of halogens is 2. The molecule has 0 radical (unpaired) electrons. The lowest BCUT2D eigenvalue weighted by molar-refractivity contribution is -0.384. The summed E-state index contributed by atoms with van der Waals surface area (Å²) in [7, 11) is 0. The van der Waals surface area contributed by atoms with E-state index in [-0.39, 0.29) is 16.4 Å². The van der Waals surface area contributed by atoms with Crippen molar-refractivity contribution in [1.29, 1.82) is 0 Å². The molecule has 27 heavy (non-hydrogen) atoms. The van der Waals surface area contributed by atoms with Crippen LogP contribution >= 0.6 is 23.2 Å². The van der Waals surface area contributed by atoms with Crippen LogP contribution in [0.4, 0.5) is 11.4 Å². The second-order valence-corrected chi connectivity index (χ2v) is 6.89. The van der Waals surface area contributed by atoms with Gasteiger partial charge in [0, 0.05) is 23.6 Å². The number of nitrogens with one attached hydrogen (secondary N) is 1. The second-order valence-electron chi connectivity index (χ2n) is 6.00. The lowest BCUT2D eigenvalue weighted by atomic mass is 10.0. The third-order valence-corrected chi connectivity index (χ3v) is 4.58. The lowest BCUT2D eigenvalue weighted by Gasteiger charge is -2.18. The monoisotopic (exact) mass is 413 g/mol. The minimum Gasteiger partial charge on any atom is -0.497 e. The molecule has 9 heteroatoms. The Morgan fingerprint density at radius 3 is 2.70 bits per heavy atom. The molecule has 0 fully saturated rings. The SMILES string of the molecule is NCCCCCOC1=C(C(=O)Nc2ccc([N+](=O)[O-])cc2Cl)C=C(Cl)CC1. The van der Waals surface area contributed by atoms with E-state index in [0.29, 0.717) is 42.4 Å². The number of anilines is 1. The van der Waals surface area contributed by atoms with Gasteiger partial charge in [-0.05, 0) is 44.4 Å². The predicted molar refractivity (Wildman–Crippen MR) is 106 cm³/mol. The van der Waals surface area contributed by atoms with Crippen LogP contribution < -0.4 is 11.1 Å². The molecule has 0 heterocycles. The first kappa shape index (κ1) is 21.2. The number of rotatable bonds is 9. The van der Waals surface area contributed by atoms with Crippen LogP contribution in [0, 0.1) is 10.1 Å². The van der Waals surface area contributed by atoms with Gasteiger partial charge in [0.1, 0.15) is 5.76 Å². The van der Waals surface area contributed by atoms with Gasteiger partial charge in [0.2, 0.25) is 0 Å². The molecule has 1 aromatic rings. The highest BCUT2D eigenvalue weighted by molar-refractivity contribution is 6.34. The van der Waals surface area contributed by atoms with Gasteiger partial charge in [-0.25, -0.2) is 0 Å². The maximum absolute atomic E-state index is 12.7. The Hall–Kier alpha value is -2.09. The highest BCUT2D eigenvalue weighted by Gasteiger charge is 2.21. The molecule has 0 bridgehead atoms. The van der Waals surface area contributed by atoms with Gasteiger partial charge in [0.15, 0.2) is 0 Å². The molecule has 0 aliphatic heterocycles. The van der Waals surface area contributed by atoms with Gasteiger partial charge in [-0.1, -0.05) is 23.2 Å². The second kappa shape index (κ2) is 10.3. The van der Waals surface area contributed by atoms with Crippen molar-refractivity contribution in [3.8, 4) is 0 Å². The maximum atomic E-state index is 12.7. The Morgan fingerprint density at radius 1 is 1.26 bits per heavy atom. The van der Waals surface area contributed by atoms with E-state index >= 15 is 0 Å². The summed E-state index contributed by atoms with van der Waals surface area (Å²) in [5.74, 6) is 0.142. The van der Waals surface area contributed by atoms with Gasteiger partial charge in [-0.2, -0.15) is 0 Å². The van der Waals surface area contributed by atoms with Gasteiger partial charge in [0.25, 0.3) is 11.6 Å². The highest BCUT2D eigenvalue weighted by atomic mass is 35.5. The van der Waals surface area contributed by atoms with Crippen LogP contribution in [0.2, 0.25) is 5.02 Å². The van der Waals surface area contributed by atoms with E-state index in [9.17, 15) is 14.9 Å². The molecule has 2 rings (SSSR count). The molecule has 1 aliphatic carbocycles. The molecule has 146 valence electrons. The Kier molecular flexibility index (Phi) is 8.09. The van der Waals surface area contributed by atoms with E-state index in [1.165, 1.54) is 18.2 Å². The Morgan fingerprint density at radius 2 is 2.04 bits per heavy atom. The van der Waals surface area contributed by atoms with Crippen molar-refractivity contribution in [3.05, 3.63) is 55.8 Å². The normalized spacial score (nSPS) is 14.0. The zero-order valence-corrected chi connectivity index (χ0v) is 16.2. The topological polar surface area (TPSA) is 107 Å². The molecule has 0 aromatic heterocycles. The van der Waals surface area contributed by atoms with E-state index in [1.807, 2.05) is 0 Å². The van der Waals surface area contributed by atoms with Crippen molar-refractivity contribution < 1.29 is 14.5 Å². The minimum atomic E-state index is -0.555. The summed E-state index contributed by atoms with van der Waals surface area (Å²) in [5, 5.41) is 14.1. The van der Waals surface area contributed by atoms with E-state index in [4.69, 9.17) is 33.7 Å². The van der Waals surface area contributed by atoms with Gasteiger partial charge >= 0.3 is 0 Å². The molecule has 0 atom stereocenters. The summed E-state index contributed by atoms with van der Waals surface area (Å²) in [6.07, 6.45) is 5.45. The van der Waals surface area contributed by atoms with Crippen molar-refractivity contribution in [3.63, 3.8) is 0 Å². The van der Waals surface area contributed by atoms with E-state index in [0.717, 1.165) is 19.3 Å². The minimum absolute atomic E-state index is 0.0771. The third-order valence-electron chi connectivity index (χ3n) is 3.97. The average Bonchev–Trinajstić information content (AvgIpc) is 2.64. The Balaban J connectivity index is 2.11. The van der Waals surface area contributed by atoms with Gasteiger partial charge in [-0.15, -0.1) is 0 Å². The number of amides is 1. The van der Waals surface area contributed by atoms with E-state index in [2.05, 4.69) is 5.32 Å². The maximum Gasteiger partial charge on any atom is 0.271 e. The number of non-ortho nitro benzene ring substituents is 1. The van der Waals surface area contributed by atoms with Crippen LogP contribution in [0.5, 0.6) is 0 Å². The average molecular weight is 414 g/mol. The summed E-state index contributed by atoms with van der Waals surface area (Å²) in [4.78, 5) is 22.9. The number of benzene rings is 1. The quantitative estimate of drug-likeness (QED) is 0.351. The molecule has 0 unspecified atom stereocenters. The smallest absolute Gasteiger partial charge is 0.271 e. The summed E-state index contributed by atoms with van der Waals surface area (Å²) in [6.45, 7) is 1.14. The summed E-state index contributed by atoms with van der Waals surface area (Å²) >= 11 is 12.1. The summed E-state index contributed by atoms with van der Waals surface area (Å²) < 4.78 is 5.78. The summed E-state index contributed by atoms with van der Waals surface area (Å²) in [6, 6.07) is 3.85. The Bertz CT molecular complexity index is 778. The first-order chi connectivity index (χ1) is 12.9. The van der Waals surface area contributed by atoms with Crippen LogP contribution in [0.15, 0.2) is 40.6 Å². The number of unbranched alkanes of at least 4 members (excludes halogenated alkanes) is 2. The van der Waals surface area contributed by atoms with E-state index < -0.39 is 10.8 Å². The van der Waals surface area contributed by atoms with Gasteiger partial charge in [0.05, 0.1) is 27.8 Å². The number of nitro groups is 1. The fourth-order valence-electron chi connectivity index (χ4n) is 2.55. The first-order valence-electron chi connectivity index (χ1n) is 8.59. The molecule has 1 aromatic carbocycles. The standard InChI is InChI=1S/C18H21Cl2N3O4/c19-12-4-7-17(27-9-3-1-2-8-21)14(10-12)18(24)22-16-6-5-13(23(25)26)11-15(16)20/h5-6,10-11H,1-4,7-9,21H2,(H,22,24). The van der Waals surface area contributed by atoms with Crippen LogP contribution in [0.1, 0.15) is 32.1 Å². The number of ether oxygens (including phenoxy) is 1. The van der Waals surface area contributed by atoms with Crippen molar-refractivity contribution in [2.75, 3.05) is 18.5 Å². The van der Waals surface area contributed by atoms with Crippen LogP contribution in [0.3, 0.4) is 0 Å². The zero-order valence-electron chi connectivity index (χ0n) is 14.7. The lowest BCUT2D eigenvalue weighted by Crippen LogP contribution is -2.18. The number of allylic oxidation sites excluding steroid dienone is 2. The van der Waals surface area contributed by atoms with Crippen molar-refractivity contribution in [1.82, 2.24) is 0 Å². The van der Waals surface area contributed by atoms with Crippen molar-refractivity contribution >= 4 is 40.5 Å². The van der Waals surface area contributed by atoms with Gasteiger partial charge < -0.3 is 15.8 Å². The fourth-order valence-corrected chi connectivity index (χ4v) is 2.97. The molecule has 0 saturated heterocycles. The third kappa shape index (κ3) is 6.23. The van der Waals surface area contributed by atoms with E-state index in [1.54, 1.807) is 6.08 Å². The van der Waals surface area contributed by atoms with Crippen LogP contribution in [0.25, 0.3) is 0 Å². The Labute approximate surface area is 167 Å². The first-order valence-corrected chi connectivity index (χ1v) is 9.35. The fraction of sp³-hybridized carbons (Fsp3) is 0.389. The molecular weight excluding hydrogens is 393 g/mol. The molecular formula is C18H21Cl2N3O4. The number of nitrogens with zero attached hydrogens (tertiary/aromatic N) is 1. The number of hydrogen-bond acceptors (Lipinski definition) is 5. The number of nitro benzene ring substituents is 1. The van der Waals surface area contributed by atoms with Crippen LogP contribution in [-0.4, -0.2) is 24.0 Å². The number of carbonyl (C=O) groups excluding carboxylic acids is 1. The molecule has 1 amide bonds. The van der Waals surface area contributed by atoms with Crippen molar-refractivity contribution in [2.24, 2.45) is 5.73 Å².